The van der Waals surface area contributed by atoms with Crippen molar-refractivity contribution >= 4 is 12.4 Å². The van der Waals surface area contributed by atoms with Gasteiger partial charge in [0.15, 0.2) is 0 Å². The van der Waals surface area contributed by atoms with Crippen molar-refractivity contribution in [3.8, 4) is 11.5 Å². The van der Waals surface area contributed by atoms with Gasteiger partial charge in [-0.15, -0.1) is 12.4 Å². The number of ether oxygens (including phenoxy) is 2. The summed E-state index contributed by atoms with van der Waals surface area (Å²) in [7, 11) is 5.40. The highest BCUT2D eigenvalue weighted by molar-refractivity contribution is 5.85. The first-order chi connectivity index (χ1) is 8.75. The molecule has 1 aromatic rings. The second-order valence-corrected chi connectivity index (χ2v) is 4.73. The van der Waals surface area contributed by atoms with Crippen LogP contribution in [0.4, 0.5) is 0 Å². The Labute approximate surface area is 121 Å². The summed E-state index contributed by atoms with van der Waals surface area (Å²) in [6.45, 7) is 3.20. The topological polar surface area (TPSA) is 33.7 Å². The molecule has 0 aromatic heterocycles. The van der Waals surface area contributed by atoms with E-state index in [1.807, 2.05) is 13.1 Å². The molecule has 1 aliphatic rings. The zero-order valence-electron chi connectivity index (χ0n) is 11.8. The number of hydrogen-bond donors (Lipinski definition) is 1. The highest BCUT2D eigenvalue weighted by Gasteiger charge is 2.20. The first-order valence-corrected chi connectivity index (χ1v) is 6.36. The predicted octanol–water partition coefficient (Wildman–Crippen LogP) is 1.92. The Hall–Kier alpha value is -0.970. The molecule has 1 aromatic carbocycles. The van der Waals surface area contributed by atoms with Crippen LogP contribution in [0, 0.1) is 0 Å². The minimum absolute atomic E-state index is 0. The third kappa shape index (κ3) is 4.27. The molecule has 0 bridgehead atoms. The Morgan fingerprint density at radius 1 is 1.21 bits per heavy atom. The fourth-order valence-corrected chi connectivity index (χ4v) is 2.43. The van der Waals surface area contributed by atoms with E-state index in [-0.39, 0.29) is 12.4 Å². The van der Waals surface area contributed by atoms with Gasteiger partial charge in [-0.3, -0.25) is 4.90 Å². The number of likely N-dealkylation sites (N-methyl/N-ethyl adjacent to an activating group) is 1. The van der Waals surface area contributed by atoms with Gasteiger partial charge in [0.2, 0.25) is 0 Å². The van der Waals surface area contributed by atoms with Gasteiger partial charge in [-0.2, -0.15) is 0 Å². The van der Waals surface area contributed by atoms with E-state index in [2.05, 4.69) is 22.3 Å². The van der Waals surface area contributed by atoms with Gasteiger partial charge in [0, 0.05) is 31.7 Å². The summed E-state index contributed by atoms with van der Waals surface area (Å²) in [5, 5.41) is 3.33. The van der Waals surface area contributed by atoms with E-state index in [1.165, 1.54) is 12.0 Å². The zero-order valence-corrected chi connectivity index (χ0v) is 12.6. The molecule has 0 amide bonds. The number of rotatable bonds is 5. The molecule has 0 aliphatic carbocycles. The molecule has 1 N–H and O–H groups in total. The number of nitrogens with zero attached hydrogens (tertiary/aromatic N) is 1. The Morgan fingerprint density at radius 2 is 1.84 bits per heavy atom. The van der Waals surface area contributed by atoms with Crippen molar-refractivity contribution in [1.29, 1.82) is 0 Å². The lowest BCUT2D eigenvalue weighted by Crippen LogP contribution is -2.29. The van der Waals surface area contributed by atoms with E-state index in [1.54, 1.807) is 14.2 Å². The van der Waals surface area contributed by atoms with E-state index >= 15 is 0 Å². The van der Waals surface area contributed by atoms with Crippen LogP contribution >= 0.6 is 12.4 Å². The first-order valence-electron chi connectivity index (χ1n) is 6.36. The van der Waals surface area contributed by atoms with Crippen LogP contribution in [-0.4, -0.2) is 45.3 Å². The van der Waals surface area contributed by atoms with Crippen molar-refractivity contribution in [3.05, 3.63) is 23.8 Å². The summed E-state index contributed by atoms with van der Waals surface area (Å²) in [6, 6.07) is 6.69. The Bertz CT molecular complexity index is 379. The lowest BCUT2D eigenvalue weighted by molar-refractivity contribution is 0.320. The van der Waals surface area contributed by atoms with Crippen LogP contribution in [0.3, 0.4) is 0 Å². The molecule has 5 heteroatoms. The highest BCUT2D eigenvalue weighted by atomic mass is 35.5. The molecule has 0 spiro atoms. The maximum absolute atomic E-state index is 5.29. The summed E-state index contributed by atoms with van der Waals surface area (Å²) in [5.74, 6) is 1.71. The van der Waals surface area contributed by atoms with E-state index in [0.29, 0.717) is 6.04 Å². The van der Waals surface area contributed by atoms with Crippen LogP contribution in [0.2, 0.25) is 0 Å². The standard InChI is InChI=1S/C14H22N2O2.ClH/c1-15-12-4-5-16(10-12)9-11-6-13(17-2)8-14(7-11)18-3;/h6-8,12,15H,4-5,9-10H2,1-3H3;1H. The molecule has 0 saturated carbocycles. The second kappa shape index (κ2) is 7.58. The molecule has 1 aliphatic heterocycles. The Kier molecular flexibility index (Phi) is 6.42. The molecule has 1 saturated heterocycles. The third-order valence-corrected chi connectivity index (χ3v) is 3.50. The summed E-state index contributed by atoms with van der Waals surface area (Å²) < 4.78 is 10.6. The number of methoxy groups -OCH3 is 2. The average molecular weight is 287 g/mol. The quantitative estimate of drug-likeness (QED) is 0.897. The van der Waals surface area contributed by atoms with Crippen molar-refractivity contribution in [1.82, 2.24) is 10.2 Å². The van der Waals surface area contributed by atoms with Crippen molar-refractivity contribution < 1.29 is 9.47 Å². The van der Waals surface area contributed by atoms with E-state index in [9.17, 15) is 0 Å². The van der Waals surface area contributed by atoms with Gasteiger partial charge in [-0.25, -0.2) is 0 Å². The lowest BCUT2D eigenvalue weighted by atomic mass is 10.2. The van der Waals surface area contributed by atoms with Gasteiger partial charge < -0.3 is 14.8 Å². The largest absolute Gasteiger partial charge is 0.497 e. The minimum atomic E-state index is 0. The Balaban J connectivity index is 0.00000180. The highest BCUT2D eigenvalue weighted by Crippen LogP contribution is 2.24. The van der Waals surface area contributed by atoms with Gasteiger partial charge >= 0.3 is 0 Å². The molecular weight excluding hydrogens is 264 g/mol. The average Bonchev–Trinajstić information content (AvgIpc) is 2.85. The fraction of sp³-hybridized carbons (Fsp3) is 0.571. The van der Waals surface area contributed by atoms with Crippen molar-refractivity contribution in [2.75, 3.05) is 34.4 Å². The Morgan fingerprint density at radius 3 is 2.32 bits per heavy atom. The molecule has 0 radical (unpaired) electrons. The molecule has 1 atom stereocenters. The van der Waals surface area contributed by atoms with E-state index in [4.69, 9.17) is 9.47 Å². The predicted molar refractivity (Wildman–Crippen MR) is 79.5 cm³/mol. The maximum atomic E-state index is 5.29. The first kappa shape index (κ1) is 16.1. The van der Waals surface area contributed by atoms with Crippen molar-refractivity contribution in [3.63, 3.8) is 0 Å². The maximum Gasteiger partial charge on any atom is 0.122 e. The molecule has 108 valence electrons. The number of halogens is 1. The van der Waals surface area contributed by atoms with Crippen LogP contribution in [0.5, 0.6) is 11.5 Å². The van der Waals surface area contributed by atoms with Gasteiger partial charge in [0.25, 0.3) is 0 Å². The molecule has 2 rings (SSSR count). The van der Waals surface area contributed by atoms with Crippen LogP contribution in [0.1, 0.15) is 12.0 Å². The third-order valence-electron chi connectivity index (χ3n) is 3.50. The molecule has 1 unspecified atom stereocenters. The van der Waals surface area contributed by atoms with Gasteiger partial charge in [0.1, 0.15) is 11.5 Å². The fourth-order valence-electron chi connectivity index (χ4n) is 2.43. The lowest BCUT2D eigenvalue weighted by Gasteiger charge is -2.17. The van der Waals surface area contributed by atoms with Crippen molar-refractivity contribution in [2.45, 2.75) is 19.0 Å². The van der Waals surface area contributed by atoms with Crippen LogP contribution < -0.4 is 14.8 Å². The van der Waals surface area contributed by atoms with Gasteiger partial charge in [-0.05, 0) is 31.2 Å². The van der Waals surface area contributed by atoms with Crippen LogP contribution in [0.15, 0.2) is 18.2 Å². The number of benzene rings is 1. The van der Waals surface area contributed by atoms with E-state index in [0.717, 1.165) is 31.1 Å². The monoisotopic (exact) mass is 286 g/mol. The summed E-state index contributed by atoms with van der Waals surface area (Å²) in [6.07, 6.45) is 1.22. The van der Waals surface area contributed by atoms with E-state index < -0.39 is 0 Å². The van der Waals surface area contributed by atoms with Crippen molar-refractivity contribution in [2.24, 2.45) is 0 Å². The van der Waals surface area contributed by atoms with Crippen LogP contribution in [0.25, 0.3) is 0 Å². The molecule has 4 nitrogen and oxygen atoms in total. The molecular formula is C14H23ClN2O2. The molecule has 1 heterocycles. The van der Waals surface area contributed by atoms with Gasteiger partial charge in [0.05, 0.1) is 14.2 Å². The minimum Gasteiger partial charge on any atom is -0.497 e. The number of nitrogens with one attached hydrogen (secondary N) is 1. The zero-order chi connectivity index (χ0) is 13.0. The number of hydrogen-bond acceptors (Lipinski definition) is 4. The summed E-state index contributed by atoms with van der Waals surface area (Å²) in [4.78, 5) is 2.45. The van der Waals surface area contributed by atoms with Crippen LogP contribution in [-0.2, 0) is 6.54 Å². The molecule has 19 heavy (non-hydrogen) atoms. The number of likely N-dealkylation sites (tertiary alicyclic amines) is 1. The summed E-state index contributed by atoms with van der Waals surface area (Å²) >= 11 is 0. The molecule has 1 fully saturated rings. The summed E-state index contributed by atoms with van der Waals surface area (Å²) in [5.41, 5.74) is 1.24. The second-order valence-electron chi connectivity index (χ2n) is 4.73. The SMILES string of the molecule is CNC1CCN(Cc2cc(OC)cc(OC)c2)C1.Cl. The smallest absolute Gasteiger partial charge is 0.122 e. The van der Waals surface area contributed by atoms with Gasteiger partial charge in [-0.1, -0.05) is 0 Å². The normalized spacial score (nSPS) is 19.0.